The quantitative estimate of drug-likeness (QED) is 0.765. The summed E-state index contributed by atoms with van der Waals surface area (Å²) in [6.45, 7) is 8.34. The van der Waals surface area contributed by atoms with E-state index < -0.39 is 24.1 Å². The Morgan fingerprint density at radius 2 is 1.70 bits per heavy atom. The summed E-state index contributed by atoms with van der Waals surface area (Å²) >= 11 is 0. The zero-order chi connectivity index (χ0) is 19.4. The Balaban J connectivity index is 1.68. The molecule has 4 rings (SSSR count). The molecule has 27 heavy (non-hydrogen) atoms. The van der Waals surface area contributed by atoms with Gasteiger partial charge in [-0.1, -0.05) is 18.2 Å². The van der Waals surface area contributed by atoms with E-state index in [0.717, 1.165) is 12.0 Å². The van der Waals surface area contributed by atoms with Crippen LogP contribution in [0.5, 0.6) is 0 Å². The summed E-state index contributed by atoms with van der Waals surface area (Å²) in [4.78, 5) is 14.5. The number of nitrogens with zero attached hydrogens (tertiary/aromatic N) is 1. The highest BCUT2D eigenvalue weighted by molar-refractivity contribution is 6.62. The van der Waals surface area contributed by atoms with E-state index >= 15 is 0 Å². The molecule has 2 aliphatic heterocycles. The van der Waals surface area contributed by atoms with Crippen LogP contribution in [0.2, 0.25) is 0 Å². The average Bonchev–Trinajstić information content (AvgIpc) is 2.83. The lowest BCUT2D eigenvalue weighted by Crippen LogP contribution is -2.41. The van der Waals surface area contributed by atoms with Gasteiger partial charge >= 0.3 is 7.12 Å². The van der Waals surface area contributed by atoms with Crippen LogP contribution < -0.4 is 10.4 Å². The molecule has 0 saturated carbocycles. The third kappa shape index (κ3) is 3.07. The van der Waals surface area contributed by atoms with Gasteiger partial charge in [-0.05, 0) is 69.4 Å². The third-order valence-electron chi connectivity index (χ3n) is 5.84. The van der Waals surface area contributed by atoms with Crippen molar-refractivity contribution < 1.29 is 18.5 Å². The maximum atomic E-state index is 14.4. The number of halogens is 1. The monoisotopic (exact) mass is 367 g/mol. The SMILES string of the molecule is CC1(C)OB(c2cc(F)cc(N3CCc4ccccc4C3=O)c2)OC1(C)C. The molecule has 6 heteroatoms. The number of hydrogen-bond donors (Lipinski definition) is 0. The number of anilines is 1. The number of benzene rings is 2. The highest BCUT2D eigenvalue weighted by Crippen LogP contribution is 2.37. The molecule has 2 aliphatic rings. The highest BCUT2D eigenvalue weighted by Gasteiger charge is 2.51. The van der Waals surface area contributed by atoms with Gasteiger partial charge in [0.2, 0.25) is 0 Å². The lowest BCUT2D eigenvalue weighted by molar-refractivity contribution is 0.00578. The van der Waals surface area contributed by atoms with Gasteiger partial charge in [-0.2, -0.15) is 0 Å². The first kappa shape index (κ1) is 18.2. The Kier molecular flexibility index (Phi) is 4.16. The van der Waals surface area contributed by atoms with E-state index in [1.165, 1.54) is 12.1 Å². The Morgan fingerprint density at radius 3 is 2.41 bits per heavy atom. The molecule has 0 aliphatic carbocycles. The van der Waals surface area contributed by atoms with Crippen molar-refractivity contribution in [2.24, 2.45) is 0 Å². The second-order valence-corrected chi connectivity index (χ2v) is 8.19. The van der Waals surface area contributed by atoms with Crippen molar-refractivity contribution >= 4 is 24.2 Å². The molecule has 2 heterocycles. The fourth-order valence-electron chi connectivity index (χ4n) is 3.54. The van der Waals surface area contributed by atoms with Gasteiger partial charge in [0.1, 0.15) is 5.82 Å². The van der Waals surface area contributed by atoms with Crippen molar-refractivity contribution in [3.63, 3.8) is 0 Å². The Labute approximate surface area is 159 Å². The molecule has 1 fully saturated rings. The van der Waals surface area contributed by atoms with E-state index in [1.54, 1.807) is 11.0 Å². The minimum absolute atomic E-state index is 0.109. The van der Waals surface area contributed by atoms with Gasteiger partial charge in [0.25, 0.3) is 5.91 Å². The number of hydrogen-bond acceptors (Lipinski definition) is 3. The van der Waals surface area contributed by atoms with Gasteiger partial charge in [0, 0.05) is 17.8 Å². The molecule has 4 nitrogen and oxygen atoms in total. The lowest BCUT2D eigenvalue weighted by atomic mass is 9.78. The molecule has 2 aromatic carbocycles. The first-order chi connectivity index (χ1) is 12.7. The summed E-state index contributed by atoms with van der Waals surface area (Å²) in [5.41, 5.74) is 1.79. The summed E-state index contributed by atoms with van der Waals surface area (Å²) in [7, 11) is -0.670. The maximum absolute atomic E-state index is 14.4. The fourth-order valence-corrected chi connectivity index (χ4v) is 3.54. The first-order valence-corrected chi connectivity index (χ1v) is 9.24. The molecule has 0 spiro atoms. The first-order valence-electron chi connectivity index (χ1n) is 9.24. The second-order valence-electron chi connectivity index (χ2n) is 8.19. The molecule has 0 atom stereocenters. The third-order valence-corrected chi connectivity index (χ3v) is 5.84. The number of carbonyl (C=O) groups excluding carboxylic acids is 1. The van der Waals surface area contributed by atoms with E-state index in [1.807, 2.05) is 52.0 Å². The van der Waals surface area contributed by atoms with Crippen molar-refractivity contribution in [3.05, 3.63) is 59.4 Å². The molecule has 1 amide bonds. The van der Waals surface area contributed by atoms with E-state index in [0.29, 0.717) is 23.3 Å². The van der Waals surface area contributed by atoms with Crippen molar-refractivity contribution in [3.8, 4) is 0 Å². The predicted molar refractivity (Wildman–Crippen MR) is 104 cm³/mol. The molecule has 2 aromatic rings. The molecule has 0 N–H and O–H groups in total. The summed E-state index contributed by atoms with van der Waals surface area (Å²) in [5, 5.41) is 0. The molecule has 0 unspecified atom stereocenters. The van der Waals surface area contributed by atoms with E-state index in [9.17, 15) is 9.18 Å². The number of amides is 1. The van der Waals surface area contributed by atoms with Gasteiger partial charge < -0.3 is 14.2 Å². The smallest absolute Gasteiger partial charge is 0.399 e. The van der Waals surface area contributed by atoms with Crippen LogP contribution in [-0.2, 0) is 15.7 Å². The van der Waals surface area contributed by atoms with E-state index in [2.05, 4.69) is 0 Å². The van der Waals surface area contributed by atoms with Gasteiger partial charge in [0.15, 0.2) is 0 Å². The summed E-state index contributed by atoms with van der Waals surface area (Å²) in [5.74, 6) is -0.522. The lowest BCUT2D eigenvalue weighted by Gasteiger charge is -2.32. The molecular weight excluding hydrogens is 344 g/mol. The van der Waals surface area contributed by atoms with Crippen LogP contribution in [0, 0.1) is 5.82 Å². The summed E-state index contributed by atoms with van der Waals surface area (Å²) < 4.78 is 26.5. The van der Waals surface area contributed by atoms with Crippen LogP contribution in [0.1, 0.15) is 43.6 Å². The minimum Gasteiger partial charge on any atom is -0.399 e. The number of carbonyl (C=O) groups is 1. The predicted octanol–water partition coefficient (Wildman–Crippen LogP) is 3.33. The molecular formula is C21H23BFNO3. The molecule has 140 valence electrons. The van der Waals surface area contributed by atoms with Crippen molar-refractivity contribution in [1.82, 2.24) is 0 Å². The number of rotatable bonds is 2. The maximum Gasteiger partial charge on any atom is 0.495 e. The van der Waals surface area contributed by atoms with E-state index in [-0.39, 0.29) is 5.91 Å². The zero-order valence-corrected chi connectivity index (χ0v) is 16.1. The van der Waals surface area contributed by atoms with Gasteiger partial charge in [-0.3, -0.25) is 4.79 Å². The summed E-state index contributed by atoms with van der Waals surface area (Å²) in [6, 6.07) is 12.2. The standard InChI is InChI=1S/C21H23BFNO3/c1-20(2)21(3,4)27-22(26-20)15-11-16(23)13-17(12-15)24-10-9-14-7-5-6-8-18(14)19(24)25/h5-8,11-13H,9-10H2,1-4H3. The van der Waals surface area contributed by atoms with Gasteiger partial charge in [0.05, 0.1) is 11.2 Å². The fraction of sp³-hybridized carbons (Fsp3) is 0.381. The minimum atomic E-state index is -0.670. The topological polar surface area (TPSA) is 38.8 Å². The molecule has 0 aromatic heterocycles. The number of fused-ring (bicyclic) bond motifs is 1. The Hall–Kier alpha value is -2.18. The van der Waals surface area contributed by atoms with Crippen LogP contribution in [0.15, 0.2) is 42.5 Å². The Bertz CT molecular complexity index is 896. The van der Waals surface area contributed by atoms with Crippen LogP contribution in [0.4, 0.5) is 10.1 Å². The van der Waals surface area contributed by atoms with Crippen molar-refractivity contribution in [2.45, 2.75) is 45.3 Å². The largest absolute Gasteiger partial charge is 0.495 e. The van der Waals surface area contributed by atoms with Crippen LogP contribution in [0.25, 0.3) is 0 Å². The molecule has 1 saturated heterocycles. The second kappa shape index (κ2) is 6.18. The highest BCUT2D eigenvalue weighted by atomic mass is 19.1. The van der Waals surface area contributed by atoms with E-state index in [4.69, 9.17) is 9.31 Å². The van der Waals surface area contributed by atoms with Crippen LogP contribution in [0.3, 0.4) is 0 Å². The molecule has 0 radical (unpaired) electrons. The van der Waals surface area contributed by atoms with Crippen molar-refractivity contribution in [1.29, 1.82) is 0 Å². The Morgan fingerprint density at radius 1 is 1.04 bits per heavy atom. The van der Waals surface area contributed by atoms with Gasteiger partial charge in [-0.25, -0.2) is 4.39 Å². The van der Waals surface area contributed by atoms with Crippen LogP contribution >= 0.6 is 0 Å². The van der Waals surface area contributed by atoms with Crippen LogP contribution in [-0.4, -0.2) is 30.8 Å². The average molecular weight is 367 g/mol. The van der Waals surface area contributed by atoms with Crippen molar-refractivity contribution in [2.75, 3.05) is 11.4 Å². The van der Waals surface area contributed by atoms with Gasteiger partial charge in [-0.15, -0.1) is 0 Å². The molecule has 0 bridgehead atoms. The zero-order valence-electron chi connectivity index (χ0n) is 16.1. The normalized spacial score (nSPS) is 20.7. The summed E-state index contributed by atoms with van der Waals surface area (Å²) in [6.07, 6.45) is 0.740.